The zero-order valence-corrected chi connectivity index (χ0v) is 16.7. The molecule has 0 unspecified atom stereocenters. The summed E-state index contributed by atoms with van der Waals surface area (Å²) in [6.07, 6.45) is -3.05. The molecule has 1 aromatic heterocycles. The average molecular weight is 427 g/mol. The van der Waals surface area contributed by atoms with Crippen LogP contribution in [0.1, 0.15) is 28.5 Å². The van der Waals surface area contributed by atoms with E-state index in [9.17, 15) is 26.4 Å². The maximum absolute atomic E-state index is 12.8. The van der Waals surface area contributed by atoms with E-state index < -0.39 is 27.8 Å². The Labute approximate surface area is 167 Å². The fraction of sp³-hybridized carbons (Fsp3) is 0.368. The standard InChI is InChI=1S/C19H20F3N3O3S/c1-13-3-4-15(11-23-13)18(26)25-10-9-24(12-14(25)2)29(27,28)17-7-5-16(6-8-17)19(20,21)22/h3-8,11,14H,9-10,12H2,1-2H3/t14-/m1/s1. The molecule has 1 aromatic carbocycles. The maximum atomic E-state index is 12.8. The van der Waals surface area contributed by atoms with E-state index in [1.54, 1.807) is 24.0 Å². The lowest BCUT2D eigenvalue weighted by molar-refractivity contribution is -0.137. The summed E-state index contributed by atoms with van der Waals surface area (Å²) in [5, 5.41) is 0. The Morgan fingerprint density at radius 1 is 1.10 bits per heavy atom. The van der Waals surface area contributed by atoms with Gasteiger partial charge in [0, 0.05) is 37.6 Å². The molecule has 1 atom stereocenters. The third-order valence-corrected chi connectivity index (χ3v) is 6.71. The second-order valence-electron chi connectivity index (χ2n) is 6.92. The molecule has 6 nitrogen and oxygen atoms in total. The Morgan fingerprint density at radius 3 is 2.28 bits per heavy atom. The van der Waals surface area contributed by atoms with Crippen molar-refractivity contribution in [3.8, 4) is 0 Å². The number of amides is 1. The Balaban J connectivity index is 1.74. The van der Waals surface area contributed by atoms with Crippen molar-refractivity contribution >= 4 is 15.9 Å². The Bertz CT molecular complexity index is 990. The quantitative estimate of drug-likeness (QED) is 0.755. The van der Waals surface area contributed by atoms with Gasteiger partial charge in [0.25, 0.3) is 5.91 Å². The van der Waals surface area contributed by atoms with E-state index in [4.69, 9.17) is 0 Å². The molecule has 3 rings (SSSR count). The van der Waals surface area contributed by atoms with Gasteiger partial charge in [-0.25, -0.2) is 8.42 Å². The second kappa shape index (κ2) is 7.75. The minimum Gasteiger partial charge on any atom is -0.333 e. The summed E-state index contributed by atoms with van der Waals surface area (Å²) < 4.78 is 64.9. The van der Waals surface area contributed by atoms with Gasteiger partial charge in [0.15, 0.2) is 0 Å². The van der Waals surface area contributed by atoms with Gasteiger partial charge in [0.05, 0.1) is 16.0 Å². The molecule has 0 N–H and O–H groups in total. The predicted molar refractivity (Wildman–Crippen MR) is 99.7 cm³/mol. The summed E-state index contributed by atoms with van der Waals surface area (Å²) in [6.45, 7) is 3.82. The summed E-state index contributed by atoms with van der Waals surface area (Å²) in [7, 11) is -3.96. The first-order valence-corrected chi connectivity index (χ1v) is 10.3. The van der Waals surface area contributed by atoms with Crippen molar-refractivity contribution < 1.29 is 26.4 Å². The number of rotatable bonds is 3. The molecule has 2 aromatic rings. The van der Waals surface area contributed by atoms with Crippen molar-refractivity contribution in [2.24, 2.45) is 0 Å². The van der Waals surface area contributed by atoms with Crippen molar-refractivity contribution in [1.29, 1.82) is 0 Å². The topological polar surface area (TPSA) is 70.6 Å². The van der Waals surface area contributed by atoms with Gasteiger partial charge in [0.1, 0.15) is 0 Å². The number of piperazine rings is 1. The first kappa shape index (κ1) is 21.3. The van der Waals surface area contributed by atoms with Crippen LogP contribution < -0.4 is 0 Å². The van der Waals surface area contributed by atoms with Crippen molar-refractivity contribution in [3.05, 3.63) is 59.4 Å². The molecule has 10 heteroatoms. The number of nitrogens with zero attached hydrogens (tertiary/aromatic N) is 3. The van der Waals surface area contributed by atoms with E-state index in [1.165, 1.54) is 10.5 Å². The van der Waals surface area contributed by atoms with Crippen molar-refractivity contribution in [1.82, 2.24) is 14.2 Å². The highest BCUT2D eigenvalue weighted by atomic mass is 32.2. The molecule has 2 heterocycles. The third kappa shape index (κ3) is 4.43. The Kier molecular flexibility index (Phi) is 5.68. The average Bonchev–Trinajstić information content (AvgIpc) is 2.67. The molecule has 0 aliphatic carbocycles. The molecule has 29 heavy (non-hydrogen) atoms. The van der Waals surface area contributed by atoms with Crippen LogP contribution in [0.2, 0.25) is 0 Å². The Hall–Kier alpha value is -2.46. The number of aryl methyl sites for hydroxylation is 1. The van der Waals surface area contributed by atoms with Crippen LogP contribution in [0.5, 0.6) is 0 Å². The molecular formula is C19H20F3N3O3S. The van der Waals surface area contributed by atoms with Crippen LogP contribution in [0.25, 0.3) is 0 Å². The first-order chi connectivity index (χ1) is 13.5. The normalized spacial score (nSPS) is 18.7. The highest BCUT2D eigenvalue weighted by molar-refractivity contribution is 7.89. The van der Waals surface area contributed by atoms with Crippen molar-refractivity contribution in [2.75, 3.05) is 19.6 Å². The molecule has 0 saturated carbocycles. The number of carbonyl (C=O) groups excluding carboxylic acids is 1. The monoisotopic (exact) mass is 427 g/mol. The highest BCUT2D eigenvalue weighted by Crippen LogP contribution is 2.30. The van der Waals surface area contributed by atoms with E-state index >= 15 is 0 Å². The van der Waals surface area contributed by atoms with E-state index in [2.05, 4.69) is 4.98 Å². The van der Waals surface area contributed by atoms with Crippen LogP contribution in [-0.2, 0) is 16.2 Å². The third-order valence-electron chi connectivity index (χ3n) is 4.83. The first-order valence-electron chi connectivity index (χ1n) is 8.91. The molecule has 0 radical (unpaired) electrons. The number of alkyl halides is 3. The smallest absolute Gasteiger partial charge is 0.333 e. The van der Waals surface area contributed by atoms with Gasteiger partial charge in [-0.2, -0.15) is 17.5 Å². The molecule has 1 aliphatic rings. The lowest BCUT2D eigenvalue weighted by atomic mass is 10.1. The molecule has 0 spiro atoms. The summed E-state index contributed by atoms with van der Waals surface area (Å²) in [5.41, 5.74) is 0.287. The Morgan fingerprint density at radius 2 is 1.76 bits per heavy atom. The summed E-state index contributed by atoms with van der Waals surface area (Å²) in [4.78, 5) is 18.2. The molecule has 1 saturated heterocycles. The number of pyridine rings is 1. The van der Waals surface area contributed by atoms with Gasteiger partial charge in [-0.15, -0.1) is 0 Å². The van der Waals surface area contributed by atoms with Crippen LogP contribution in [0.15, 0.2) is 47.5 Å². The molecule has 156 valence electrons. The van der Waals surface area contributed by atoms with Gasteiger partial charge in [0.2, 0.25) is 10.0 Å². The maximum Gasteiger partial charge on any atom is 0.416 e. The number of carbonyl (C=O) groups is 1. The lowest BCUT2D eigenvalue weighted by Gasteiger charge is -2.39. The molecular weight excluding hydrogens is 407 g/mol. The highest BCUT2D eigenvalue weighted by Gasteiger charge is 2.35. The van der Waals surface area contributed by atoms with Crippen molar-refractivity contribution in [3.63, 3.8) is 0 Å². The lowest BCUT2D eigenvalue weighted by Crippen LogP contribution is -2.55. The fourth-order valence-electron chi connectivity index (χ4n) is 3.17. The van der Waals surface area contributed by atoms with Crippen LogP contribution in [-0.4, -0.2) is 54.2 Å². The summed E-state index contributed by atoms with van der Waals surface area (Å²) in [6, 6.07) is 6.41. The summed E-state index contributed by atoms with van der Waals surface area (Å²) in [5.74, 6) is -0.239. The molecule has 1 aliphatic heterocycles. The fourth-order valence-corrected chi connectivity index (χ4v) is 4.68. The minimum absolute atomic E-state index is 0.0500. The number of sulfonamides is 1. The van der Waals surface area contributed by atoms with Gasteiger partial charge >= 0.3 is 6.18 Å². The van der Waals surface area contributed by atoms with E-state index in [0.29, 0.717) is 5.56 Å². The van der Waals surface area contributed by atoms with Crippen molar-refractivity contribution in [2.45, 2.75) is 31.0 Å². The largest absolute Gasteiger partial charge is 0.416 e. The predicted octanol–water partition coefficient (Wildman–Crippen LogP) is 2.94. The summed E-state index contributed by atoms with van der Waals surface area (Å²) >= 11 is 0. The van der Waals surface area contributed by atoms with Gasteiger partial charge in [-0.05, 0) is 50.2 Å². The van der Waals surface area contributed by atoms with Gasteiger partial charge in [-0.1, -0.05) is 0 Å². The minimum atomic E-state index is -4.53. The van der Waals surface area contributed by atoms with Crippen LogP contribution in [0.3, 0.4) is 0 Å². The number of halogens is 3. The van der Waals surface area contributed by atoms with E-state index in [1.807, 2.05) is 6.92 Å². The van der Waals surface area contributed by atoms with Gasteiger partial charge < -0.3 is 4.90 Å². The number of aromatic nitrogens is 1. The SMILES string of the molecule is Cc1ccc(C(=O)N2CCN(S(=O)(=O)c3ccc(C(F)(F)F)cc3)C[C@H]2C)cn1. The second-order valence-corrected chi connectivity index (χ2v) is 8.86. The zero-order chi connectivity index (χ0) is 21.4. The molecule has 1 fully saturated rings. The van der Waals surface area contributed by atoms with E-state index in [0.717, 1.165) is 30.0 Å². The molecule has 1 amide bonds. The zero-order valence-electron chi connectivity index (χ0n) is 15.8. The van der Waals surface area contributed by atoms with E-state index in [-0.39, 0.29) is 30.4 Å². The van der Waals surface area contributed by atoms with Crippen LogP contribution >= 0.6 is 0 Å². The molecule has 0 bridgehead atoms. The van der Waals surface area contributed by atoms with Crippen LogP contribution in [0, 0.1) is 6.92 Å². The van der Waals surface area contributed by atoms with Crippen LogP contribution in [0.4, 0.5) is 13.2 Å². The number of hydrogen-bond donors (Lipinski definition) is 0. The number of hydrogen-bond acceptors (Lipinski definition) is 4. The van der Waals surface area contributed by atoms with Gasteiger partial charge in [-0.3, -0.25) is 9.78 Å². The number of benzene rings is 1.